The third-order valence-corrected chi connectivity index (χ3v) is 2.70. The second-order valence-electron chi connectivity index (χ2n) is 3.41. The Balaban J connectivity index is 2.52. The van der Waals surface area contributed by atoms with E-state index in [2.05, 4.69) is 21.9 Å². The number of amides is 1. The lowest BCUT2D eigenvalue weighted by Crippen LogP contribution is -2.42. The minimum absolute atomic E-state index is 0.0935. The predicted octanol–water partition coefficient (Wildman–Crippen LogP) is 1.64. The quantitative estimate of drug-likeness (QED) is 0.507. The summed E-state index contributed by atoms with van der Waals surface area (Å²) >= 11 is 3.27. The molecule has 1 rings (SSSR count). The Morgan fingerprint density at radius 3 is 3.00 bits per heavy atom. The molecule has 0 saturated carbocycles. The molecule has 0 aromatic rings. The van der Waals surface area contributed by atoms with E-state index in [-0.39, 0.29) is 16.7 Å². The van der Waals surface area contributed by atoms with Gasteiger partial charge in [0.15, 0.2) is 0 Å². The third-order valence-electron chi connectivity index (χ3n) is 2.31. The van der Waals surface area contributed by atoms with E-state index in [4.69, 9.17) is 6.42 Å². The van der Waals surface area contributed by atoms with Gasteiger partial charge in [-0.2, -0.15) is 0 Å². The highest BCUT2D eigenvalue weighted by atomic mass is 79.9. The van der Waals surface area contributed by atoms with Crippen molar-refractivity contribution in [2.75, 3.05) is 13.1 Å². The van der Waals surface area contributed by atoms with Crippen LogP contribution in [-0.4, -0.2) is 28.7 Å². The van der Waals surface area contributed by atoms with E-state index in [1.165, 1.54) is 0 Å². The second kappa shape index (κ2) is 4.66. The topological polar surface area (TPSA) is 20.3 Å². The minimum Gasteiger partial charge on any atom is -0.341 e. The van der Waals surface area contributed by atoms with Crippen molar-refractivity contribution in [3.05, 3.63) is 0 Å². The van der Waals surface area contributed by atoms with Gasteiger partial charge in [-0.15, -0.1) is 12.3 Å². The number of piperidine rings is 1. The van der Waals surface area contributed by atoms with Crippen LogP contribution in [0.4, 0.5) is 0 Å². The van der Waals surface area contributed by atoms with E-state index in [0.29, 0.717) is 0 Å². The number of carbonyl (C=O) groups is 1. The molecule has 1 saturated heterocycles. The van der Waals surface area contributed by atoms with Crippen molar-refractivity contribution >= 4 is 21.8 Å². The molecule has 72 valence electrons. The van der Waals surface area contributed by atoms with E-state index in [1.54, 1.807) is 0 Å². The van der Waals surface area contributed by atoms with Gasteiger partial charge in [-0.25, -0.2) is 0 Å². The molecular weight excluding hydrogens is 230 g/mol. The highest BCUT2D eigenvalue weighted by Crippen LogP contribution is 2.17. The molecule has 0 radical (unpaired) electrons. The van der Waals surface area contributed by atoms with E-state index >= 15 is 0 Å². The monoisotopic (exact) mass is 243 g/mol. The lowest BCUT2D eigenvalue weighted by Gasteiger charge is -2.31. The summed E-state index contributed by atoms with van der Waals surface area (Å²) in [5.41, 5.74) is 0. The summed E-state index contributed by atoms with van der Waals surface area (Å²) in [6, 6.07) is 0. The molecule has 0 N–H and O–H groups in total. The lowest BCUT2D eigenvalue weighted by atomic mass is 9.99. The van der Waals surface area contributed by atoms with Crippen LogP contribution in [-0.2, 0) is 4.79 Å². The van der Waals surface area contributed by atoms with Gasteiger partial charge in [0.05, 0.1) is 4.83 Å². The average Bonchev–Trinajstić information content (AvgIpc) is 2.16. The smallest absolute Gasteiger partial charge is 0.236 e. The Bertz CT molecular complexity index is 232. The zero-order valence-electron chi connectivity index (χ0n) is 7.79. The van der Waals surface area contributed by atoms with Crippen LogP contribution in [0.15, 0.2) is 0 Å². The van der Waals surface area contributed by atoms with Crippen molar-refractivity contribution < 1.29 is 4.79 Å². The fraction of sp³-hybridized carbons (Fsp3) is 0.700. The Morgan fingerprint density at radius 1 is 1.77 bits per heavy atom. The molecule has 0 bridgehead atoms. The van der Waals surface area contributed by atoms with E-state index < -0.39 is 0 Å². The van der Waals surface area contributed by atoms with Crippen LogP contribution in [0.3, 0.4) is 0 Å². The van der Waals surface area contributed by atoms with Gasteiger partial charge in [0.25, 0.3) is 0 Å². The van der Waals surface area contributed by atoms with Crippen LogP contribution >= 0.6 is 15.9 Å². The fourth-order valence-electron chi connectivity index (χ4n) is 1.56. The number of alkyl halides is 1. The Morgan fingerprint density at radius 2 is 2.46 bits per heavy atom. The third kappa shape index (κ3) is 2.73. The maximum absolute atomic E-state index is 11.6. The van der Waals surface area contributed by atoms with E-state index in [1.807, 2.05) is 11.8 Å². The summed E-state index contributed by atoms with van der Waals surface area (Å²) in [6.45, 7) is 3.43. The molecule has 1 amide bonds. The van der Waals surface area contributed by atoms with Crippen molar-refractivity contribution in [3.63, 3.8) is 0 Å². The standard InChI is InChI=1S/C10H14BrNO/c1-3-9-5-4-6-12(7-9)10(13)8(2)11/h1,8-9H,4-7H2,2H3. The molecule has 2 atom stereocenters. The van der Waals surface area contributed by atoms with E-state index in [0.717, 1.165) is 25.9 Å². The Hall–Kier alpha value is -0.490. The average molecular weight is 244 g/mol. The first kappa shape index (κ1) is 10.6. The molecule has 2 nitrogen and oxygen atoms in total. The maximum atomic E-state index is 11.6. The zero-order chi connectivity index (χ0) is 9.84. The number of rotatable bonds is 1. The number of hydrogen-bond acceptors (Lipinski definition) is 1. The summed E-state index contributed by atoms with van der Waals surface area (Å²) in [5, 5.41) is 0. The number of terminal acetylenes is 1. The summed E-state index contributed by atoms with van der Waals surface area (Å²) in [4.78, 5) is 13.3. The molecule has 2 unspecified atom stereocenters. The molecule has 1 heterocycles. The largest absolute Gasteiger partial charge is 0.341 e. The van der Waals surface area contributed by atoms with Gasteiger partial charge in [0.1, 0.15) is 0 Å². The van der Waals surface area contributed by atoms with Crippen molar-refractivity contribution in [3.8, 4) is 12.3 Å². The van der Waals surface area contributed by atoms with Crippen molar-refractivity contribution in [1.29, 1.82) is 0 Å². The van der Waals surface area contributed by atoms with Gasteiger partial charge in [-0.3, -0.25) is 4.79 Å². The lowest BCUT2D eigenvalue weighted by molar-refractivity contribution is -0.131. The van der Waals surface area contributed by atoms with Crippen LogP contribution in [0, 0.1) is 18.3 Å². The summed E-state index contributed by atoms with van der Waals surface area (Å²) in [6.07, 6.45) is 7.42. The Kier molecular flexibility index (Phi) is 3.80. The van der Waals surface area contributed by atoms with Crippen LogP contribution in [0.1, 0.15) is 19.8 Å². The molecule has 3 heteroatoms. The van der Waals surface area contributed by atoms with Crippen molar-refractivity contribution in [2.24, 2.45) is 5.92 Å². The first-order chi connectivity index (χ1) is 6.15. The molecule has 0 aromatic heterocycles. The van der Waals surface area contributed by atoms with Gasteiger partial charge in [-0.05, 0) is 19.8 Å². The highest BCUT2D eigenvalue weighted by Gasteiger charge is 2.24. The normalized spacial score (nSPS) is 25.0. The maximum Gasteiger partial charge on any atom is 0.236 e. The molecule has 0 aromatic carbocycles. The molecular formula is C10H14BrNO. The molecule has 0 spiro atoms. The second-order valence-corrected chi connectivity index (χ2v) is 4.78. The molecule has 0 aliphatic carbocycles. The van der Waals surface area contributed by atoms with E-state index in [9.17, 15) is 4.79 Å². The fourth-order valence-corrected chi connectivity index (χ4v) is 1.85. The summed E-state index contributed by atoms with van der Waals surface area (Å²) < 4.78 is 0. The van der Waals surface area contributed by atoms with Gasteiger partial charge >= 0.3 is 0 Å². The zero-order valence-corrected chi connectivity index (χ0v) is 9.38. The first-order valence-electron chi connectivity index (χ1n) is 4.54. The van der Waals surface area contributed by atoms with Crippen LogP contribution in [0.25, 0.3) is 0 Å². The van der Waals surface area contributed by atoms with Gasteiger partial charge < -0.3 is 4.90 Å². The van der Waals surface area contributed by atoms with Crippen LogP contribution < -0.4 is 0 Å². The first-order valence-corrected chi connectivity index (χ1v) is 5.45. The number of carbonyl (C=O) groups excluding carboxylic acids is 1. The SMILES string of the molecule is C#CC1CCCN(C(=O)C(C)Br)C1. The molecule has 13 heavy (non-hydrogen) atoms. The van der Waals surface area contributed by atoms with Gasteiger partial charge in [0.2, 0.25) is 5.91 Å². The predicted molar refractivity (Wildman–Crippen MR) is 56.5 cm³/mol. The molecule has 1 aliphatic heterocycles. The van der Waals surface area contributed by atoms with Crippen molar-refractivity contribution in [2.45, 2.75) is 24.6 Å². The molecule has 1 fully saturated rings. The van der Waals surface area contributed by atoms with Crippen LogP contribution in [0.5, 0.6) is 0 Å². The number of halogens is 1. The minimum atomic E-state index is -0.0935. The summed E-state index contributed by atoms with van der Waals surface area (Å²) in [7, 11) is 0. The summed E-state index contributed by atoms with van der Waals surface area (Å²) in [5.74, 6) is 3.12. The number of nitrogens with zero attached hydrogens (tertiary/aromatic N) is 1. The highest BCUT2D eigenvalue weighted by molar-refractivity contribution is 9.10. The number of hydrogen-bond donors (Lipinski definition) is 0. The van der Waals surface area contributed by atoms with Crippen molar-refractivity contribution in [1.82, 2.24) is 4.90 Å². The van der Waals surface area contributed by atoms with Crippen LogP contribution in [0.2, 0.25) is 0 Å². The van der Waals surface area contributed by atoms with Gasteiger partial charge in [0, 0.05) is 19.0 Å². The Labute approximate surface area is 87.8 Å². The number of likely N-dealkylation sites (tertiary alicyclic amines) is 1. The molecule has 1 aliphatic rings. The van der Waals surface area contributed by atoms with Gasteiger partial charge in [-0.1, -0.05) is 15.9 Å².